The minimum absolute atomic E-state index is 0.0813. The zero-order chi connectivity index (χ0) is 9.80. The van der Waals surface area contributed by atoms with Crippen LogP contribution >= 0.6 is 0 Å². The average Bonchev–Trinajstić information content (AvgIpc) is 2.63. The number of nitrogens with zero attached hydrogens (tertiary/aromatic N) is 1. The Bertz CT molecular complexity index is 169. The summed E-state index contributed by atoms with van der Waals surface area (Å²) in [5, 5.41) is 0. The number of likely N-dealkylation sites (tertiary alicyclic amines) is 1. The average molecular weight is 199 g/mol. The largest absolute Gasteiger partial charge is 0.353 e. The molecule has 0 bridgehead atoms. The first kappa shape index (κ1) is 10.4. The highest BCUT2D eigenvalue weighted by Crippen LogP contribution is 2.18. The molecule has 0 aromatic carbocycles. The van der Waals surface area contributed by atoms with Crippen molar-refractivity contribution in [1.82, 2.24) is 4.90 Å². The van der Waals surface area contributed by atoms with E-state index < -0.39 is 0 Å². The minimum Gasteiger partial charge on any atom is -0.353 e. The van der Waals surface area contributed by atoms with Gasteiger partial charge in [-0.25, -0.2) is 0 Å². The summed E-state index contributed by atoms with van der Waals surface area (Å²) in [6.45, 7) is 2.95. The summed E-state index contributed by atoms with van der Waals surface area (Å²) < 4.78 is 11.3. The normalized spacial score (nSPS) is 34.9. The Labute approximate surface area is 86.4 Å². The Morgan fingerprint density at radius 3 is 2.86 bits per heavy atom. The number of ether oxygens (including phenoxy) is 2. The van der Waals surface area contributed by atoms with Crippen LogP contribution in [0.4, 0.5) is 0 Å². The van der Waals surface area contributed by atoms with Crippen LogP contribution in [0.2, 0.25) is 0 Å². The van der Waals surface area contributed by atoms with Crippen LogP contribution in [0.1, 0.15) is 32.1 Å². The maximum absolute atomic E-state index is 5.77. The van der Waals surface area contributed by atoms with E-state index in [4.69, 9.17) is 9.47 Å². The van der Waals surface area contributed by atoms with Crippen molar-refractivity contribution < 1.29 is 9.47 Å². The van der Waals surface area contributed by atoms with E-state index in [9.17, 15) is 0 Å². The molecule has 0 aliphatic carbocycles. The highest BCUT2D eigenvalue weighted by atomic mass is 16.7. The van der Waals surface area contributed by atoms with E-state index in [1.54, 1.807) is 0 Å². The van der Waals surface area contributed by atoms with Gasteiger partial charge in [0.1, 0.15) is 0 Å². The molecular formula is C11H21NO2. The SMILES string of the molecule is CN1CCC[C@H]1COC1CCCCO1. The van der Waals surface area contributed by atoms with Gasteiger partial charge in [-0.2, -0.15) is 0 Å². The van der Waals surface area contributed by atoms with E-state index in [0.717, 1.165) is 19.6 Å². The van der Waals surface area contributed by atoms with Crippen LogP contribution < -0.4 is 0 Å². The van der Waals surface area contributed by atoms with Crippen LogP contribution in [0.5, 0.6) is 0 Å². The fraction of sp³-hybridized carbons (Fsp3) is 1.00. The topological polar surface area (TPSA) is 21.7 Å². The summed E-state index contributed by atoms with van der Waals surface area (Å²) >= 11 is 0. The van der Waals surface area contributed by atoms with Crippen LogP contribution in [0, 0.1) is 0 Å². The van der Waals surface area contributed by atoms with E-state index in [2.05, 4.69) is 11.9 Å². The molecule has 2 aliphatic heterocycles. The molecule has 3 nitrogen and oxygen atoms in total. The second-order valence-corrected chi connectivity index (χ2v) is 4.41. The highest BCUT2D eigenvalue weighted by Gasteiger charge is 2.23. The van der Waals surface area contributed by atoms with Gasteiger partial charge in [-0.15, -0.1) is 0 Å². The monoisotopic (exact) mass is 199 g/mol. The molecule has 0 spiro atoms. The first-order valence-corrected chi connectivity index (χ1v) is 5.80. The molecule has 2 atom stereocenters. The lowest BCUT2D eigenvalue weighted by Crippen LogP contribution is -2.33. The van der Waals surface area contributed by atoms with Gasteiger partial charge in [0.2, 0.25) is 0 Å². The van der Waals surface area contributed by atoms with E-state index in [1.165, 1.54) is 32.2 Å². The number of rotatable bonds is 3. The molecule has 3 heteroatoms. The van der Waals surface area contributed by atoms with Crippen molar-refractivity contribution >= 4 is 0 Å². The summed E-state index contributed by atoms with van der Waals surface area (Å²) in [5.41, 5.74) is 0. The van der Waals surface area contributed by atoms with Crippen molar-refractivity contribution in [1.29, 1.82) is 0 Å². The lowest BCUT2D eigenvalue weighted by atomic mass is 10.2. The molecule has 2 fully saturated rings. The van der Waals surface area contributed by atoms with Crippen LogP contribution in [0.15, 0.2) is 0 Å². The van der Waals surface area contributed by atoms with Gasteiger partial charge < -0.3 is 14.4 Å². The van der Waals surface area contributed by atoms with Gasteiger partial charge in [-0.1, -0.05) is 0 Å². The van der Waals surface area contributed by atoms with Crippen molar-refractivity contribution in [3.8, 4) is 0 Å². The summed E-state index contributed by atoms with van der Waals surface area (Å²) in [5.74, 6) is 0. The summed E-state index contributed by atoms with van der Waals surface area (Å²) in [4.78, 5) is 2.39. The third-order valence-electron chi connectivity index (χ3n) is 3.28. The zero-order valence-corrected chi connectivity index (χ0v) is 9.08. The summed E-state index contributed by atoms with van der Waals surface area (Å²) in [6, 6.07) is 0.625. The molecule has 1 unspecified atom stereocenters. The van der Waals surface area contributed by atoms with Crippen LogP contribution in [-0.2, 0) is 9.47 Å². The number of hydrogen-bond acceptors (Lipinski definition) is 3. The van der Waals surface area contributed by atoms with Crippen LogP contribution in [-0.4, -0.2) is 44.0 Å². The second-order valence-electron chi connectivity index (χ2n) is 4.41. The van der Waals surface area contributed by atoms with Gasteiger partial charge in [0.25, 0.3) is 0 Å². The lowest BCUT2D eigenvalue weighted by molar-refractivity contribution is -0.168. The Hall–Kier alpha value is -0.120. The predicted octanol–water partition coefficient (Wildman–Crippen LogP) is 1.62. The smallest absolute Gasteiger partial charge is 0.157 e. The molecule has 2 heterocycles. The summed E-state index contributed by atoms with van der Waals surface area (Å²) in [6.07, 6.45) is 6.21. The van der Waals surface area contributed by atoms with Gasteiger partial charge in [0.15, 0.2) is 6.29 Å². The molecule has 0 saturated carbocycles. The molecule has 0 radical (unpaired) electrons. The standard InChI is InChI=1S/C11H21NO2/c1-12-7-4-5-10(12)9-14-11-6-2-3-8-13-11/h10-11H,2-9H2,1H3/t10-,11?/m0/s1. The molecule has 2 saturated heterocycles. The second kappa shape index (κ2) is 5.10. The van der Waals surface area contributed by atoms with Crippen LogP contribution in [0.25, 0.3) is 0 Å². The summed E-state index contributed by atoms with van der Waals surface area (Å²) in [7, 11) is 2.18. The Kier molecular flexibility index (Phi) is 3.79. The van der Waals surface area contributed by atoms with Gasteiger partial charge >= 0.3 is 0 Å². The molecule has 0 amide bonds. The molecule has 2 rings (SSSR count). The van der Waals surface area contributed by atoms with Crippen molar-refractivity contribution in [2.24, 2.45) is 0 Å². The van der Waals surface area contributed by atoms with Crippen molar-refractivity contribution in [2.45, 2.75) is 44.4 Å². The molecule has 0 aromatic rings. The fourth-order valence-electron chi connectivity index (χ4n) is 2.25. The molecule has 0 aromatic heterocycles. The van der Waals surface area contributed by atoms with Crippen molar-refractivity contribution in [2.75, 3.05) is 26.8 Å². The molecule has 82 valence electrons. The number of likely N-dealkylation sites (N-methyl/N-ethyl adjacent to an activating group) is 1. The highest BCUT2D eigenvalue weighted by molar-refractivity contribution is 4.75. The van der Waals surface area contributed by atoms with Gasteiger partial charge in [0.05, 0.1) is 6.61 Å². The Morgan fingerprint density at radius 1 is 1.29 bits per heavy atom. The van der Waals surface area contributed by atoms with Gasteiger partial charge in [-0.05, 0) is 45.7 Å². The molecule has 0 N–H and O–H groups in total. The van der Waals surface area contributed by atoms with E-state index in [1.807, 2.05) is 0 Å². The quantitative estimate of drug-likeness (QED) is 0.689. The van der Waals surface area contributed by atoms with Crippen molar-refractivity contribution in [3.63, 3.8) is 0 Å². The first-order chi connectivity index (χ1) is 6.86. The lowest BCUT2D eigenvalue weighted by Gasteiger charge is -2.26. The predicted molar refractivity (Wildman–Crippen MR) is 55.2 cm³/mol. The van der Waals surface area contributed by atoms with E-state index in [0.29, 0.717) is 6.04 Å². The maximum Gasteiger partial charge on any atom is 0.157 e. The molecular weight excluding hydrogens is 178 g/mol. The Balaban J connectivity index is 1.65. The van der Waals surface area contributed by atoms with E-state index in [-0.39, 0.29) is 6.29 Å². The first-order valence-electron chi connectivity index (χ1n) is 5.80. The maximum atomic E-state index is 5.77. The fourth-order valence-corrected chi connectivity index (χ4v) is 2.25. The number of hydrogen-bond donors (Lipinski definition) is 0. The van der Waals surface area contributed by atoms with E-state index >= 15 is 0 Å². The third kappa shape index (κ3) is 2.69. The van der Waals surface area contributed by atoms with Crippen LogP contribution in [0.3, 0.4) is 0 Å². The van der Waals surface area contributed by atoms with Gasteiger partial charge in [0, 0.05) is 12.6 Å². The van der Waals surface area contributed by atoms with Gasteiger partial charge in [-0.3, -0.25) is 0 Å². The Morgan fingerprint density at radius 2 is 2.21 bits per heavy atom. The molecule has 2 aliphatic rings. The van der Waals surface area contributed by atoms with Crippen molar-refractivity contribution in [3.05, 3.63) is 0 Å². The third-order valence-corrected chi connectivity index (χ3v) is 3.28. The molecule has 14 heavy (non-hydrogen) atoms. The minimum atomic E-state index is 0.0813. The zero-order valence-electron chi connectivity index (χ0n) is 9.08.